The fraction of sp³-hybridized carbons (Fsp3) is 0.143. The second-order valence-electron chi connectivity index (χ2n) is 4.31. The number of fused-ring (bicyclic) bond motifs is 1. The summed E-state index contributed by atoms with van der Waals surface area (Å²) >= 11 is 0. The number of aromatic hydroxyl groups is 1. The van der Waals surface area contributed by atoms with Gasteiger partial charge in [0, 0.05) is 19.0 Å². The van der Waals surface area contributed by atoms with Gasteiger partial charge in [0.05, 0.1) is 5.52 Å². The maximum absolute atomic E-state index is 9.76. The molecule has 0 bridgehead atoms. The van der Waals surface area contributed by atoms with Crippen molar-refractivity contribution in [1.82, 2.24) is 15.0 Å². The second-order valence-corrected chi connectivity index (χ2v) is 4.31. The monoisotopic (exact) mass is 254 g/mol. The predicted octanol–water partition coefficient (Wildman–Crippen LogP) is 2.30. The molecule has 2 heterocycles. The maximum atomic E-state index is 9.76. The third-order valence-electron chi connectivity index (χ3n) is 3.00. The van der Waals surface area contributed by atoms with Gasteiger partial charge in [-0.25, -0.2) is 9.97 Å². The highest BCUT2D eigenvalue weighted by atomic mass is 16.3. The van der Waals surface area contributed by atoms with Crippen molar-refractivity contribution in [2.24, 2.45) is 0 Å². The Morgan fingerprint density at radius 1 is 1.16 bits per heavy atom. The highest BCUT2D eigenvalue weighted by Crippen LogP contribution is 2.20. The number of benzene rings is 1. The van der Waals surface area contributed by atoms with Gasteiger partial charge in [-0.15, -0.1) is 0 Å². The number of anilines is 1. The molecule has 0 aliphatic carbocycles. The quantitative estimate of drug-likeness (QED) is 0.670. The number of rotatable bonds is 3. The van der Waals surface area contributed by atoms with Crippen molar-refractivity contribution in [3.8, 4) is 5.75 Å². The van der Waals surface area contributed by atoms with Gasteiger partial charge < -0.3 is 15.4 Å². The molecule has 3 rings (SSSR count). The molecular weight excluding hydrogens is 240 g/mol. The highest BCUT2D eigenvalue weighted by Gasteiger charge is 2.07. The third kappa shape index (κ3) is 2.22. The lowest BCUT2D eigenvalue weighted by Crippen LogP contribution is -1.92. The summed E-state index contributed by atoms with van der Waals surface area (Å²) in [5.41, 5.74) is 2.41. The summed E-state index contributed by atoms with van der Waals surface area (Å²) in [6, 6.07) is 11.1. The number of phenolic OH excluding ortho intramolecular Hbond substituents is 1. The smallest absolute Gasteiger partial charge is 0.179 e. The van der Waals surface area contributed by atoms with E-state index < -0.39 is 0 Å². The number of pyridine rings is 1. The van der Waals surface area contributed by atoms with Crippen molar-refractivity contribution in [1.29, 1.82) is 0 Å². The lowest BCUT2D eigenvalue weighted by Gasteiger charge is -2.00. The number of nitrogens with one attached hydrogen (secondary N) is 2. The Labute approximate surface area is 110 Å². The van der Waals surface area contributed by atoms with Crippen LogP contribution < -0.4 is 5.32 Å². The minimum Gasteiger partial charge on any atom is -0.508 e. The number of aromatic amines is 1. The van der Waals surface area contributed by atoms with Crippen LogP contribution >= 0.6 is 0 Å². The molecule has 5 nitrogen and oxygen atoms in total. The fourth-order valence-electron chi connectivity index (χ4n) is 2.01. The summed E-state index contributed by atoms with van der Waals surface area (Å²) in [7, 11) is 1.82. The molecule has 3 aromatic rings. The average molecular weight is 254 g/mol. The average Bonchev–Trinajstić information content (AvgIpc) is 2.82. The van der Waals surface area contributed by atoms with E-state index in [0.717, 1.165) is 22.7 Å². The van der Waals surface area contributed by atoms with Gasteiger partial charge in [-0.05, 0) is 18.2 Å². The van der Waals surface area contributed by atoms with Crippen LogP contribution in [-0.4, -0.2) is 27.1 Å². The van der Waals surface area contributed by atoms with Crippen molar-refractivity contribution in [3.05, 3.63) is 47.8 Å². The third-order valence-corrected chi connectivity index (χ3v) is 3.00. The lowest BCUT2D eigenvalue weighted by molar-refractivity contribution is 0.469. The zero-order valence-corrected chi connectivity index (χ0v) is 10.5. The molecule has 0 fully saturated rings. The first-order valence-corrected chi connectivity index (χ1v) is 6.06. The number of hydrogen-bond donors (Lipinski definition) is 3. The molecule has 0 amide bonds. The van der Waals surface area contributed by atoms with E-state index in [-0.39, 0.29) is 5.75 Å². The minimum absolute atomic E-state index is 0.284. The number of aromatic nitrogens is 3. The second kappa shape index (κ2) is 4.61. The van der Waals surface area contributed by atoms with E-state index in [9.17, 15) is 5.11 Å². The van der Waals surface area contributed by atoms with Crippen molar-refractivity contribution >= 4 is 17.0 Å². The Bertz CT molecular complexity index is 720. The van der Waals surface area contributed by atoms with E-state index in [4.69, 9.17) is 0 Å². The van der Waals surface area contributed by atoms with E-state index in [1.54, 1.807) is 12.1 Å². The van der Waals surface area contributed by atoms with Gasteiger partial charge in [0.25, 0.3) is 0 Å². The number of H-pyrrole nitrogens is 1. The van der Waals surface area contributed by atoms with Crippen LogP contribution in [0.3, 0.4) is 0 Å². The Hall–Kier alpha value is -2.56. The van der Waals surface area contributed by atoms with Crippen LogP contribution in [0.5, 0.6) is 5.75 Å². The Morgan fingerprint density at radius 3 is 2.79 bits per heavy atom. The van der Waals surface area contributed by atoms with Gasteiger partial charge in [-0.3, -0.25) is 0 Å². The molecule has 0 aliphatic heterocycles. The van der Waals surface area contributed by atoms with Gasteiger partial charge in [0.15, 0.2) is 5.65 Å². The number of imidazole rings is 1. The number of hydrogen-bond acceptors (Lipinski definition) is 4. The molecule has 5 heteroatoms. The minimum atomic E-state index is 0.284. The fourth-order valence-corrected chi connectivity index (χ4v) is 2.01. The summed E-state index contributed by atoms with van der Waals surface area (Å²) in [6.07, 6.45) is 0.553. The van der Waals surface area contributed by atoms with Crippen LogP contribution in [0.2, 0.25) is 0 Å². The molecule has 3 N–H and O–H groups in total. The van der Waals surface area contributed by atoms with Gasteiger partial charge in [0.2, 0.25) is 0 Å². The first-order valence-electron chi connectivity index (χ1n) is 6.06. The SMILES string of the molecule is CNc1ccc2[nH]c(Cc3ccccc3O)nc2n1. The Kier molecular flexibility index (Phi) is 2.79. The van der Waals surface area contributed by atoms with Gasteiger partial charge in [-0.1, -0.05) is 18.2 Å². The molecule has 19 heavy (non-hydrogen) atoms. The van der Waals surface area contributed by atoms with Crippen LogP contribution in [0.4, 0.5) is 5.82 Å². The van der Waals surface area contributed by atoms with Crippen LogP contribution in [0.15, 0.2) is 36.4 Å². The molecule has 2 aromatic heterocycles. The van der Waals surface area contributed by atoms with Crippen LogP contribution in [0.25, 0.3) is 11.2 Å². The number of para-hydroxylation sites is 1. The topological polar surface area (TPSA) is 73.8 Å². The molecule has 0 atom stereocenters. The summed E-state index contributed by atoms with van der Waals surface area (Å²) in [5, 5.41) is 12.7. The van der Waals surface area contributed by atoms with Crippen molar-refractivity contribution in [3.63, 3.8) is 0 Å². The van der Waals surface area contributed by atoms with Crippen LogP contribution in [0.1, 0.15) is 11.4 Å². The first-order chi connectivity index (χ1) is 9.26. The van der Waals surface area contributed by atoms with E-state index >= 15 is 0 Å². The molecule has 0 radical (unpaired) electrons. The number of phenols is 1. The van der Waals surface area contributed by atoms with E-state index in [0.29, 0.717) is 12.1 Å². The van der Waals surface area contributed by atoms with Crippen molar-refractivity contribution < 1.29 is 5.11 Å². The summed E-state index contributed by atoms with van der Waals surface area (Å²) in [5.74, 6) is 1.86. The molecule has 1 aromatic carbocycles. The largest absolute Gasteiger partial charge is 0.508 e. The van der Waals surface area contributed by atoms with Crippen molar-refractivity contribution in [2.45, 2.75) is 6.42 Å². The lowest BCUT2D eigenvalue weighted by atomic mass is 10.1. The molecule has 0 aliphatic rings. The van der Waals surface area contributed by atoms with E-state index in [1.807, 2.05) is 31.3 Å². The highest BCUT2D eigenvalue weighted by molar-refractivity contribution is 5.73. The van der Waals surface area contributed by atoms with Gasteiger partial charge >= 0.3 is 0 Å². The van der Waals surface area contributed by atoms with E-state index in [1.165, 1.54) is 0 Å². The molecule has 96 valence electrons. The summed E-state index contributed by atoms with van der Waals surface area (Å²) in [4.78, 5) is 12.0. The molecule has 0 unspecified atom stereocenters. The molecule has 0 saturated carbocycles. The van der Waals surface area contributed by atoms with E-state index in [2.05, 4.69) is 20.3 Å². The molecule has 0 spiro atoms. The van der Waals surface area contributed by atoms with Crippen LogP contribution in [-0.2, 0) is 6.42 Å². The normalized spacial score (nSPS) is 10.8. The summed E-state index contributed by atoms with van der Waals surface area (Å²) < 4.78 is 0. The maximum Gasteiger partial charge on any atom is 0.179 e. The van der Waals surface area contributed by atoms with Crippen molar-refractivity contribution in [2.75, 3.05) is 12.4 Å². The zero-order chi connectivity index (χ0) is 13.2. The molecule has 0 saturated heterocycles. The molecular formula is C14H14N4O. The Morgan fingerprint density at radius 2 is 2.00 bits per heavy atom. The number of nitrogens with zero attached hydrogens (tertiary/aromatic N) is 2. The van der Waals surface area contributed by atoms with Gasteiger partial charge in [0.1, 0.15) is 17.4 Å². The first kappa shape index (κ1) is 11.5. The standard InChI is InChI=1S/C14H14N4O/c1-15-12-7-6-10-14(17-12)18-13(16-10)8-9-4-2-3-5-11(9)19/h2-7,19H,8H2,1H3,(H2,15,16,17,18). The Balaban J connectivity index is 1.95. The van der Waals surface area contributed by atoms with Gasteiger partial charge in [-0.2, -0.15) is 0 Å². The summed E-state index contributed by atoms with van der Waals surface area (Å²) in [6.45, 7) is 0. The van der Waals surface area contributed by atoms with Crippen LogP contribution in [0, 0.1) is 0 Å². The zero-order valence-electron chi connectivity index (χ0n) is 10.5. The predicted molar refractivity (Wildman–Crippen MR) is 74.3 cm³/mol.